The average Bonchev–Trinajstić information content (AvgIpc) is 2.48. The lowest BCUT2D eigenvalue weighted by Crippen LogP contribution is -2.10. The molecule has 5 heteroatoms. The Hall–Kier alpha value is -2.43. The highest BCUT2D eigenvalue weighted by Gasteiger charge is 2.08. The molecular weight excluding hydrogens is 254 g/mol. The van der Waals surface area contributed by atoms with Crippen molar-refractivity contribution >= 4 is 11.8 Å². The maximum Gasteiger partial charge on any atom is 0.335 e. The third-order valence-electron chi connectivity index (χ3n) is 3.03. The first-order valence-corrected chi connectivity index (χ1v) is 6.56. The van der Waals surface area contributed by atoms with Crippen LogP contribution in [0, 0.1) is 0 Å². The fourth-order valence-corrected chi connectivity index (χ4v) is 1.96. The largest absolute Gasteiger partial charge is 0.478 e. The first kappa shape index (κ1) is 14.0. The zero-order valence-corrected chi connectivity index (χ0v) is 11.3. The van der Waals surface area contributed by atoms with Crippen LogP contribution in [0.4, 0.5) is 5.82 Å². The molecule has 104 valence electrons. The van der Waals surface area contributed by atoms with Crippen LogP contribution in [0.5, 0.6) is 0 Å². The summed E-state index contributed by atoms with van der Waals surface area (Å²) in [6.45, 7) is 2.67. The molecule has 0 aliphatic heterocycles. The van der Waals surface area contributed by atoms with E-state index in [2.05, 4.69) is 15.3 Å². The number of nitrogens with zero attached hydrogens (tertiary/aromatic N) is 2. The molecule has 1 aromatic heterocycles. The maximum absolute atomic E-state index is 11.1. The van der Waals surface area contributed by atoms with Crippen LogP contribution in [0.1, 0.15) is 28.5 Å². The second-order valence-corrected chi connectivity index (χ2v) is 4.39. The lowest BCUT2D eigenvalue weighted by atomic mass is 10.0. The summed E-state index contributed by atoms with van der Waals surface area (Å²) < 4.78 is 0. The van der Waals surface area contributed by atoms with Crippen molar-refractivity contribution in [1.82, 2.24) is 9.97 Å². The number of aromatic carboxylic acids is 1. The Morgan fingerprint density at radius 3 is 2.85 bits per heavy atom. The Balaban J connectivity index is 1.97. The summed E-state index contributed by atoms with van der Waals surface area (Å²) in [7, 11) is 0. The molecule has 0 aliphatic carbocycles. The van der Waals surface area contributed by atoms with E-state index in [1.165, 1.54) is 6.33 Å². The minimum atomic E-state index is -0.893. The lowest BCUT2D eigenvalue weighted by molar-refractivity contribution is 0.0695. The quantitative estimate of drug-likeness (QED) is 0.843. The molecule has 1 aromatic carbocycles. The molecule has 2 aromatic rings. The van der Waals surface area contributed by atoms with E-state index in [9.17, 15) is 4.79 Å². The van der Waals surface area contributed by atoms with Crippen molar-refractivity contribution in [3.8, 4) is 0 Å². The zero-order valence-electron chi connectivity index (χ0n) is 11.3. The van der Waals surface area contributed by atoms with Gasteiger partial charge in [0.2, 0.25) is 0 Å². The van der Waals surface area contributed by atoms with E-state index >= 15 is 0 Å². The van der Waals surface area contributed by atoms with E-state index in [0.29, 0.717) is 18.5 Å². The van der Waals surface area contributed by atoms with Crippen molar-refractivity contribution in [2.24, 2.45) is 0 Å². The Morgan fingerprint density at radius 2 is 2.10 bits per heavy atom. The number of benzene rings is 1. The number of hydrogen-bond acceptors (Lipinski definition) is 4. The molecule has 20 heavy (non-hydrogen) atoms. The molecule has 0 saturated heterocycles. The lowest BCUT2D eigenvalue weighted by Gasteiger charge is -2.08. The van der Waals surface area contributed by atoms with Crippen molar-refractivity contribution < 1.29 is 9.90 Å². The van der Waals surface area contributed by atoms with Crippen molar-refractivity contribution in [2.45, 2.75) is 19.8 Å². The number of anilines is 1. The van der Waals surface area contributed by atoms with E-state index in [-0.39, 0.29) is 0 Å². The van der Waals surface area contributed by atoms with Gasteiger partial charge in [0.25, 0.3) is 0 Å². The molecular formula is C15H17N3O2. The minimum absolute atomic E-state index is 0.353. The molecule has 0 aliphatic rings. The summed E-state index contributed by atoms with van der Waals surface area (Å²) in [4.78, 5) is 19.4. The molecule has 2 rings (SSSR count). The first-order chi connectivity index (χ1) is 9.70. The number of carboxylic acid groups (broad SMARTS) is 1. The standard InChI is InChI=1S/C15H17N3O2/c1-2-12-9-14(18-10-17-12)16-8-7-11-5-3-4-6-13(11)15(19)20/h3-6,9-10H,2,7-8H2,1H3,(H,19,20)(H,16,17,18). The van der Waals surface area contributed by atoms with Gasteiger partial charge in [-0.3, -0.25) is 0 Å². The maximum atomic E-state index is 11.1. The molecule has 0 spiro atoms. The van der Waals surface area contributed by atoms with Crippen molar-refractivity contribution in [1.29, 1.82) is 0 Å². The number of nitrogens with one attached hydrogen (secondary N) is 1. The van der Waals surface area contributed by atoms with Gasteiger partial charge in [0.05, 0.1) is 5.56 Å². The van der Waals surface area contributed by atoms with Gasteiger partial charge in [-0.05, 0) is 24.5 Å². The number of carboxylic acids is 1. The summed E-state index contributed by atoms with van der Waals surface area (Å²) in [6, 6.07) is 8.95. The minimum Gasteiger partial charge on any atom is -0.478 e. The Labute approximate surface area is 117 Å². The first-order valence-electron chi connectivity index (χ1n) is 6.56. The van der Waals surface area contributed by atoms with Crippen LogP contribution in [-0.2, 0) is 12.8 Å². The molecule has 0 amide bonds. The summed E-state index contributed by atoms with van der Waals surface area (Å²) in [5.74, 6) is -0.124. The van der Waals surface area contributed by atoms with Gasteiger partial charge in [-0.1, -0.05) is 25.1 Å². The molecule has 0 atom stereocenters. The van der Waals surface area contributed by atoms with Gasteiger partial charge in [0, 0.05) is 18.3 Å². The number of aromatic nitrogens is 2. The SMILES string of the molecule is CCc1cc(NCCc2ccccc2C(=O)O)ncn1. The second-order valence-electron chi connectivity index (χ2n) is 4.39. The van der Waals surface area contributed by atoms with Crippen molar-refractivity contribution in [3.05, 3.63) is 53.5 Å². The molecule has 0 fully saturated rings. The number of rotatable bonds is 6. The van der Waals surface area contributed by atoms with Crippen LogP contribution in [-0.4, -0.2) is 27.6 Å². The normalized spacial score (nSPS) is 10.2. The van der Waals surface area contributed by atoms with Gasteiger partial charge < -0.3 is 10.4 Å². The molecule has 2 N–H and O–H groups in total. The van der Waals surface area contributed by atoms with Crippen LogP contribution in [0.3, 0.4) is 0 Å². The summed E-state index contributed by atoms with van der Waals surface area (Å²) in [5, 5.41) is 12.3. The average molecular weight is 271 g/mol. The van der Waals surface area contributed by atoms with Gasteiger partial charge in [0.15, 0.2) is 0 Å². The highest BCUT2D eigenvalue weighted by Crippen LogP contribution is 2.10. The van der Waals surface area contributed by atoms with Crippen LogP contribution >= 0.6 is 0 Å². The van der Waals surface area contributed by atoms with Gasteiger partial charge in [-0.2, -0.15) is 0 Å². The Kier molecular flexibility index (Phi) is 4.65. The molecule has 1 heterocycles. The fraction of sp³-hybridized carbons (Fsp3) is 0.267. The summed E-state index contributed by atoms with van der Waals surface area (Å²) >= 11 is 0. The van der Waals surface area contributed by atoms with Crippen LogP contribution in [0.2, 0.25) is 0 Å². The summed E-state index contributed by atoms with van der Waals surface area (Å²) in [6.07, 6.45) is 3.03. The van der Waals surface area contributed by atoms with Gasteiger partial charge in [-0.15, -0.1) is 0 Å². The van der Waals surface area contributed by atoms with E-state index in [1.54, 1.807) is 12.1 Å². The predicted octanol–water partition coefficient (Wildman–Crippen LogP) is 2.39. The fourth-order valence-electron chi connectivity index (χ4n) is 1.96. The van der Waals surface area contributed by atoms with Crippen LogP contribution in [0.15, 0.2) is 36.7 Å². The summed E-state index contributed by atoms with van der Waals surface area (Å²) in [5.41, 5.74) is 2.15. The van der Waals surface area contributed by atoms with Gasteiger partial charge in [0.1, 0.15) is 12.1 Å². The number of aryl methyl sites for hydroxylation is 1. The molecule has 0 unspecified atom stereocenters. The Bertz CT molecular complexity index is 599. The van der Waals surface area contributed by atoms with Crippen LogP contribution in [0.25, 0.3) is 0 Å². The molecule has 0 bridgehead atoms. The molecule has 5 nitrogen and oxygen atoms in total. The monoisotopic (exact) mass is 271 g/mol. The third-order valence-corrected chi connectivity index (χ3v) is 3.03. The zero-order chi connectivity index (χ0) is 14.4. The molecule has 0 radical (unpaired) electrons. The van der Waals surface area contributed by atoms with Gasteiger partial charge in [-0.25, -0.2) is 14.8 Å². The van der Waals surface area contributed by atoms with E-state index < -0.39 is 5.97 Å². The van der Waals surface area contributed by atoms with Gasteiger partial charge >= 0.3 is 5.97 Å². The van der Waals surface area contributed by atoms with E-state index in [0.717, 1.165) is 23.5 Å². The third kappa shape index (κ3) is 3.54. The molecule has 0 saturated carbocycles. The highest BCUT2D eigenvalue weighted by molar-refractivity contribution is 5.89. The smallest absolute Gasteiger partial charge is 0.335 e. The second kappa shape index (κ2) is 6.65. The number of hydrogen-bond donors (Lipinski definition) is 2. The highest BCUT2D eigenvalue weighted by atomic mass is 16.4. The Morgan fingerprint density at radius 1 is 1.30 bits per heavy atom. The van der Waals surface area contributed by atoms with Crippen molar-refractivity contribution in [3.63, 3.8) is 0 Å². The topological polar surface area (TPSA) is 75.1 Å². The van der Waals surface area contributed by atoms with E-state index in [1.807, 2.05) is 25.1 Å². The van der Waals surface area contributed by atoms with Crippen LogP contribution < -0.4 is 5.32 Å². The predicted molar refractivity (Wildman–Crippen MR) is 77.0 cm³/mol. The van der Waals surface area contributed by atoms with E-state index in [4.69, 9.17) is 5.11 Å². The van der Waals surface area contributed by atoms with Crippen molar-refractivity contribution in [2.75, 3.05) is 11.9 Å². The number of carbonyl (C=O) groups is 1.